The zero-order valence-corrected chi connectivity index (χ0v) is 12.9. The Hall–Kier alpha value is -0.710. The van der Waals surface area contributed by atoms with Gasteiger partial charge in [0.1, 0.15) is 6.54 Å². The van der Waals surface area contributed by atoms with E-state index in [1.807, 2.05) is 20.8 Å². The van der Waals surface area contributed by atoms with Crippen molar-refractivity contribution in [3.8, 4) is 0 Å². The Morgan fingerprint density at radius 2 is 2.22 bits per heavy atom. The number of amides is 1. The van der Waals surface area contributed by atoms with Crippen LogP contribution in [-0.4, -0.2) is 35.0 Å². The van der Waals surface area contributed by atoms with Crippen LogP contribution in [0.3, 0.4) is 0 Å². The molecule has 0 radical (unpaired) electrons. The number of carbonyl (C=O) groups excluding carboxylic acids is 1. The first-order valence-electron chi connectivity index (χ1n) is 6.53. The summed E-state index contributed by atoms with van der Waals surface area (Å²) in [5, 5.41) is 7.22. The van der Waals surface area contributed by atoms with Crippen LogP contribution in [0.5, 0.6) is 0 Å². The van der Waals surface area contributed by atoms with Crippen LogP contribution in [-0.2, 0) is 4.79 Å². The molecule has 0 aromatic rings. The Balaban J connectivity index is 2.44. The van der Waals surface area contributed by atoms with Crippen LogP contribution in [0.25, 0.3) is 0 Å². The minimum atomic E-state index is -0.190. The molecule has 1 fully saturated rings. The molecule has 1 atom stereocenters. The number of amidine groups is 1. The molecule has 0 aromatic heterocycles. The smallest absolute Gasteiger partial charge is 0.242 e. The van der Waals surface area contributed by atoms with Crippen molar-refractivity contribution in [2.75, 3.05) is 12.3 Å². The topological polar surface area (TPSA) is 53.5 Å². The highest BCUT2D eigenvalue weighted by molar-refractivity contribution is 8.13. The minimum absolute atomic E-state index is 0.0240. The molecular formula is C13H25N3OS. The van der Waals surface area contributed by atoms with Crippen LogP contribution < -0.4 is 10.6 Å². The van der Waals surface area contributed by atoms with E-state index < -0.39 is 0 Å². The molecule has 1 unspecified atom stereocenters. The van der Waals surface area contributed by atoms with Gasteiger partial charge < -0.3 is 10.6 Å². The second-order valence-electron chi connectivity index (χ2n) is 6.05. The largest absolute Gasteiger partial charge is 0.362 e. The average molecular weight is 271 g/mol. The third kappa shape index (κ3) is 5.76. The number of hydrogen-bond acceptors (Lipinski definition) is 3. The fraction of sp³-hybridized carbons (Fsp3) is 0.846. The summed E-state index contributed by atoms with van der Waals surface area (Å²) in [6.45, 7) is 10.5. The molecule has 1 aliphatic rings. The summed E-state index contributed by atoms with van der Waals surface area (Å²) in [6, 6.07) is 0.482. The lowest BCUT2D eigenvalue weighted by molar-refractivity contribution is -0.121. The van der Waals surface area contributed by atoms with Gasteiger partial charge in [-0.05, 0) is 33.1 Å². The zero-order valence-electron chi connectivity index (χ0n) is 12.0. The maximum atomic E-state index is 11.7. The molecule has 1 amide bonds. The highest BCUT2D eigenvalue weighted by atomic mass is 32.2. The SMILES string of the molecule is CC(C)C1CCSC(=NCC(=O)NC(C)(C)C)N1. The van der Waals surface area contributed by atoms with E-state index in [1.165, 1.54) is 0 Å². The predicted octanol–water partition coefficient (Wildman–Crippen LogP) is 2.01. The molecule has 1 aliphatic heterocycles. The van der Waals surface area contributed by atoms with Crippen LogP contribution in [0, 0.1) is 5.92 Å². The molecule has 1 saturated heterocycles. The summed E-state index contributed by atoms with van der Waals surface area (Å²) in [5.41, 5.74) is -0.190. The van der Waals surface area contributed by atoms with E-state index >= 15 is 0 Å². The van der Waals surface area contributed by atoms with Crippen molar-refractivity contribution in [2.45, 2.75) is 52.6 Å². The highest BCUT2D eigenvalue weighted by Gasteiger charge is 2.20. The molecule has 0 aromatic carbocycles. The molecule has 0 aliphatic carbocycles. The monoisotopic (exact) mass is 271 g/mol. The van der Waals surface area contributed by atoms with Gasteiger partial charge in [-0.2, -0.15) is 0 Å². The van der Waals surface area contributed by atoms with Gasteiger partial charge in [0.25, 0.3) is 0 Å². The molecule has 0 bridgehead atoms. The van der Waals surface area contributed by atoms with Crippen molar-refractivity contribution in [3.05, 3.63) is 0 Å². The summed E-state index contributed by atoms with van der Waals surface area (Å²) < 4.78 is 0. The lowest BCUT2D eigenvalue weighted by Crippen LogP contribution is -2.43. The molecule has 0 saturated carbocycles. The molecule has 5 heteroatoms. The van der Waals surface area contributed by atoms with Crippen LogP contribution in [0.2, 0.25) is 0 Å². The number of nitrogens with zero attached hydrogens (tertiary/aromatic N) is 1. The number of thioether (sulfide) groups is 1. The maximum Gasteiger partial charge on any atom is 0.242 e. The average Bonchev–Trinajstić information content (AvgIpc) is 2.24. The van der Waals surface area contributed by atoms with Gasteiger partial charge in [0.15, 0.2) is 5.17 Å². The lowest BCUT2D eigenvalue weighted by atomic mass is 10.0. The first kappa shape index (κ1) is 15.3. The van der Waals surface area contributed by atoms with Crippen molar-refractivity contribution in [1.82, 2.24) is 10.6 Å². The van der Waals surface area contributed by atoms with E-state index in [9.17, 15) is 4.79 Å². The van der Waals surface area contributed by atoms with Crippen molar-refractivity contribution < 1.29 is 4.79 Å². The Kier molecular flexibility index (Phi) is 5.50. The van der Waals surface area contributed by atoms with Gasteiger partial charge >= 0.3 is 0 Å². The third-order valence-corrected chi connectivity index (χ3v) is 3.62. The maximum absolute atomic E-state index is 11.7. The summed E-state index contributed by atoms with van der Waals surface area (Å²) in [5.74, 6) is 1.65. The van der Waals surface area contributed by atoms with Crippen molar-refractivity contribution >= 4 is 22.8 Å². The Morgan fingerprint density at radius 3 is 2.78 bits per heavy atom. The predicted molar refractivity (Wildman–Crippen MR) is 79.0 cm³/mol. The Morgan fingerprint density at radius 1 is 1.56 bits per heavy atom. The van der Waals surface area contributed by atoms with Crippen molar-refractivity contribution in [2.24, 2.45) is 10.9 Å². The Bertz CT molecular complexity index is 321. The van der Waals surface area contributed by atoms with Gasteiger partial charge in [-0.1, -0.05) is 25.6 Å². The van der Waals surface area contributed by atoms with Crippen molar-refractivity contribution in [3.63, 3.8) is 0 Å². The van der Waals surface area contributed by atoms with E-state index in [-0.39, 0.29) is 18.0 Å². The first-order chi connectivity index (χ1) is 8.28. The fourth-order valence-corrected chi connectivity index (χ4v) is 2.70. The second kappa shape index (κ2) is 6.45. The van der Waals surface area contributed by atoms with Crippen LogP contribution in [0.15, 0.2) is 4.99 Å². The number of hydrogen-bond donors (Lipinski definition) is 2. The molecule has 18 heavy (non-hydrogen) atoms. The summed E-state index contributed by atoms with van der Waals surface area (Å²) in [4.78, 5) is 16.0. The number of nitrogens with one attached hydrogen (secondary N) is 2. The normalized spacial score (nSPS) is 23.0. The van der Waals surface area contributed by atoms with Gasteiger partial charge in [-0.3, -0.25) is 9.79 Å². The van der Waals surface area contributed by atoms with E-state index in [2.05, 4.69) is 29.5 Å². The quantitative estimate of drug-likeness (QED) is 0.825. The van der Waals surface area contributed by atoms with Gasteiger partial charge in [-0.25, -0.2) is 0 Å². The van der Waals surface area contributed by atoms with E-state index in [1.54, 1.807) is 11.8 Å². The summed E-state index contributed by atoms with van der Waals surface area (Å²) in [6.07, 6.45) is 1.16. The molecule has 1 rings (SSSR count). The highest BCUT2D eigenvalue weighted by Crippen LogP contribution is 2.18. The zero-order chi connectivity index (χ0) is 13.8. The van der Waals surface area contributed by atoms with E-state index in [0.717, 1.165) is 17.3 Å². The van der Waals surface area contributed by atoms with Gasteiger partial charge in [0.2, 0.25) is 5.91 Å². The third-order valence-electron chi connectivity index (χ3n) is 2.66. The van der Waals surface area contributed by atoms with Gasteiger partial charge in [0.05, 0.1) is 0 Å². The fourth-order valence-electron chi connectivity index (χ4n) is 1.75. The minimum Gasteiger partial charge on any atom is -0.362 e. The number of aliphatic imine (C=N–C) groups is 1. The molecule has 2 N–H and O–H groups in total. The second-order valence-corrected chi connectivity index (χ2v) is 7.14. The van der Waals surface area contributed by atoms with Gasteiger partial charge in [-0.15, -0.1) is 0 Å². The van der Waals surface area contributed by atoms with E-state index in [4.69, 9.17) is 0 Å². The lowest BCUT2D eigenvalue weighted by Gasteiger charge is -2.28. The molecule has 0 spiro atoms. The standard InChI is InChI=1S/C13H25N3OS/c1-9(2)10-6-7-18-12(15-10)14-8-11(17)16-13(3,4)5/h9-10H,6-8H2,1-5H3,(H,14,15)(H,16,17). The van der Waals surface area contributed by atoms with Crippen LogP contribution in [0.1, 0.15) is 41.0 Å². The molecular weight excluding hydrogens is 246 g/mol. The van der Waals surface area contributed by atoms with E-state index in [0.29, 0.717) is 12.0 Å². The summed E-state index contributed by atoms with van der Waals surface area (Å²) >= 11 is 1.70. The Labute approximate surface area is 114 Å². The van der Waals surface area contributed by atoms with Crippen molar-refractivity contribution in [1.29, 1.82) is 0 Å². The summed E-state index contributed by atoms with van der Waals surface area (Å²) in [7, 11) is 0. The number of rotatable bonds is 3. The molecule has 1 heterocycles. The number of carbonyl (C=O) groups is 1. The van der Waals surface area contributed by atoms with Gasteiger partial charge in [0, 0.05) is 17.3 Å². The first-order valence-corrected chi connectivity index (χ1v) is 7.51. The molecule has 4 nitrogen and oxygen atoms in total. The molecule has 104 valence electrons. The van der Waals surface area contributed by atoms with Crippen LogP contribution >= 0.6 is 11.8 Å². The van der Waals surface area contributed by atoms with Crippen LogP contribution in [0.4, 0.5) is 0 Å².